The van der Waals surface area contributed by atoms with E-state index in [2.05, 4.69) is 34.0 Å². The third kappa shape index (κ3) is 6.25. The molecule has 1 fully saturated rings. The van der Waals surface area contributed by atoms with Gasteiger partial charge < -0.3 is 15.4 Å². The molecule has 138 valence electrons. The van der Waals surface area contributed by atoms with Crippen molar-refractivity contribution >= 4 is 17.6 Å². The Balaban J connectivity index is 1.83. The average molecular weight is 365 g/mol. The van der Waals surface area contributed by atoms with Crippen LogP contribution in [0.1, 0.15) is 25.3 Å². The molecule has 0 amide bonds. The molecule has 1 saturated heterocycles. The average Bonchev–Trinajstić information content (AvgIpc) is 2.60. The molecule has 0 aromatic heterocycles. The molecule has 1 aliphatic heterocycles. The molecule has 1 aromatic carbocycles. The maximum Gasteiger partial charge on any atom is 0.191 e. The molecule has 0 unspecified atom stereocenters. The van der Waals surface area contributed by atoms with Crippen molar-refractivity contribution in [3.63, 3.8) is 0 Å². The second kappa shape index (κ2) is 9.68. The van der Waals surface area contributed by atoms with Gasteiger partial charge in [0.2, 0.25) is 0 Å². The minimum Gasteiger partial charge on any atom is -0.496 e. The fourth-order valence-electron chi connectivity index (χ4n) is 3.05. The SMILES string of the molecule is C=C(C)CN1CCC(NC(=NC)NCc2ccc(Cl)cc2OC)CC1. The number of hydrogen-bond donors (Lipinski definition) is 2. The Kier molecular flexibility index (Phi) is 7.59. The molecule has 1 aliphatic rings. The number of aliphatic imine (C=N–C) groups is 1. The normalized spacial score (nSPS) is 16.6. The zero-order valence-corrected chi connectivity index (χ0v) is 16.2. The van der Waals surface area contributed by atoms with Crippen LogP contribution in [0, 0.1) is 0 Å². The predicted molar refractivity (Wildman–Crippen MR) is 106 cm³/mol. The van der Waals surface area contributed by atoms with Gasteiger partial charge in [0.1, 0.15) is 5.75 Å². The second-order valence-corrected chi connectivity index (χ2v) is 6.97. The molecular formula is C19H29ClN4O. The number of hydrogen-bond acceptors (Lipinski definition) is 3. The lowest BCUT2D eigenvalue weighted by Gasteiger charge is -2.33. The van der Waals surface area contributed by atoms with Crippen LogP contribution < -0.4 is 15.4 Å². The number of piperidine rings is 1. The van der Waals surface area contributed by atoms with Gasteiger partial charge in [0.25, 0.3) is 0 Å². The molecule has 1 heterocycles. The minimum atomic E-state index is 0.444. The van der Waals surface area contributed by atoms with Crippen LogP contribution in [0.2, 0.25) is 5.02 Å². The third-order valence-corrected chi connectivity index (χ3v) is 4.58. The van der Waals surface area contributed by atoms with E-state index in [1.165, 1.54) is 5.57 Å². The summed E-state index contributed by atoms with van der Waals surface area (Å²) in [5, 5.41) is 7.55. The minimum absolute atomic E-state index is 0.444. The van der Waals surface area contributed by atoms with E-state index in [0.29, 0.717) is 17.6 Å². The Hall–Kier alpha value is -1.72. The van der Waals surface area contributed by atoms with Crippen LogP contribution in [0.3, 0.4) is 0 Å². The predicted octanol–water partition coefficient (Wildman–Crippen LogP) is 3.05. The van der Waals surface area contributed by atoms with Crippen LogP contribution in [-0.2, 0) is 6.54 Å². The lowest BCUT2D eigenvalue weighted by molar-refractivity contribution is 0.221. The molecule has 0 saturated carbocycles. The highest BCUT2D eigenvalue weighted by molar-refractivity contribution is 6.30. The Labute approximate surface area is 156 Å². The summed E-state index contributed by atoms with van der Waals surface area (Å²) in [6, 6.07) is 6.11. The molecule has 0 radical (unpaired) electrons. The maximum atomic E-state index is 6.01. The molecule has 0 atom stereocenters. The zero-order chi connectivity index (χ0) is 18.2. The van der Waals surface area contributed by atoms with Crippen molar-refractivity contribution < 1.29 is 4.74 Å². The van der Waals surface area contributed by atoms with Gasteiger partial charge in [0.05, 0.1) is 7.11 Å². The van der Waals surface area contributed by atoms with Crippen molar-refractivity contribution in [2.45, 2.75) is 32.4 Å². The van der Waals surface area contributed by atoms with Crippen LogP contribution >= 0.6 is 11.6 Å². The number of guanidine groups is 1. The van der Waals surface area contributed by atoms with Crippen LogP contribution in [0.5, 0.6) is 5.75 Å². The summed E-state index contributed by atoms with van der Waals surface area (Å²) in [7, 11) is 3.45. The van der Waals surface area contributed by atoms with E-state index in [0.717, 1.165) is 49.7 Å². The molecule has 25 heavy (non-hydrogen) atoms. The number of benzene rings is 1. The molecule has 1 aromatic rings. The summed E-state index contributed by atoms with van der Waals surface area (Å²) in [5.41, 5.74) is 2.27. The largest absolute Gasteiger partial charge is 0.496 e. The standard InChI is InChI=1S/C19H29ClN4O/c1-14(2)13-24-9-7-17(8-10-24)23-19(21-3)22-12-15-5-6-16(20)11-18(15)25-4/h5-6,11,17H,1,7-10,12-13H2,2-4H3,(H2,21,22,23). The first-order valence-electron chi connectivity index (χ1n) is 8.68. The van der Waals surface area contributed by atoms with E-state index < -0.39 is 0 Å². The van der Waals surface area contributed by atoms with Crippen molar-refractivity contribution in [3.05, 3.63) is 40.9 Å². The summed E-state index contributed by atoms with van der Waals surface area (Å²) < 4.78 is 5.39. The zero-order valence-electron chi connectivity index (χ0n) is 15.4. The Morgan fingerprint density at radius 1 is 1.40 bits per heavy atom. The summed E-state index contributed by atoms with van der Waals surface area (Å²) in [4.78, 5) is 6.79. The summed E-state index contributed by atoms with van der Waals surface area (Å²) in [6.45, 7) is 9.89. The van der Waals surface area contributed by atoms with Crippen molar-refractivity contribution in [1.29, 1.82) is 0 Å². The molecule has 0 bridgehead atoms. The maximum absolute atomic E-state index is 6.01. The van der Waals surface area contributed by atoms with Gasteiger partial charge in [-0.25, -0.2) is 0 Å². The fourth-order valence-corrected chi connectivity index (χ4v) is 3.21. The molecule has 6 heteroatoms. The number of halogens is 1. The molecule has 2 N–H and O–H groups in total. The summed E-state index contributed by atoms with van der Waals surface area (Å²) in [6.07, 6.45) is 2.22. The third-order valence-electron chi connectivity index (χ3n) is 4.34. The van der Waals surface area contributed by atoms with E-state index >= 15 is 0 Å². The highest BCUT2D eigenvalue weighted by Crippen LogP contribution is 2.22. The number of methoxy groups -OCH3 is 1. The summed E-state index contributed by atoms with van der Waals surface area (Å²) >= 11 is 6.01. The van der Waals surface area contributed by atoms with E-state index in [-0.39, 0.29) is 0 Å². The quantitative estimate of drug-likeness (QED) is 0.462. The highest BCUT2D eigenvalue weighted by atomic mass is 35.5. The van der Waals surface area contributed by atoms with Crippen LogP contribution in [-0.4, -0.2) is 50.7 Å². The molecule has 0 spiro atoms. The number of nitrogens with one attached hydrogen (secondary N) is 2. The number of ether oxygens (including phenoxy) is 1. The van der Waals surface area contributed by atoms with E-state index in [1.807, 2.05) is 18.2 Å². The van der Waals surface area contributed by atoms with Gasteiger partial charge in [-0.3, -0.25) is 9.89 Å². The first kappa shape index (κ1) is 19.6. The number of rotatable bonds is 6. The Morgan fingerprint density at radius 3 is 2.72 bits per heavy atom. The lowest BCUT2D eigenvalue weighted by Crippen LogP contribution is -2.48. The molecular weight excluding hydrogens is 336 g/mol. The van der Waals surface area contributed by atoms with Gasteiger partial charge in [0, 0.05) is 49.9 Å². The van der Waals surface area contributed by atoms with Crippen LogP contribution in [0.25, 0.3) is 0 Å². The monoisotopic (exact) mass is 364 g/mol. The van der Waals surface area contributed by atoms with E-state index in [9.17, 15) is 0 Å². The highest BCUT2D eigenvalue weighted by Gasteiger charge is 2.19. The Morgan fingerprint density at radius 2 is 2.12 bits per heavy atom. The van der Waals surface area contributed by atoms with Gasteiger partial charge in [-0.05, 0) is 31.9 Å². The number of likely N-dealkylation sites (tertiary alicyclic amines) is 1. The van der Waals surface area contributed by atoms with Gasteiger partial charge >= 0.3 is 0 Å². The first-order valence-corrected chi connectivity index (χ1v) is 9.06. The van der Waals surface area contributed by atoms with Crippen molar-refractivity contribution in [3.8, 4) is 5.75 Å². The topological polar surface area (TPSA) is 48.9 Å². The Bertz CT molecular complexity index is 609. The number of nitrogens with zero attached hydrogens (tertiary/aromatic N) is 2. The smallest absolute Gasteiger partial charge is 0.191 e. The molecule has 0 aliphatic carbocycles. The van der Waals surface area contributed by atoms with Crippen molar-refractivity contribution in [1.82, 2.24) is 15.5 Å². The van der Waals surface area contributed by atoms with Crippen molar-refractivity contribution in [2.75, 3.05) is 33.8 Å². The van der Waals surface area contributed by atoms with Crippen LogP contribution in [0.4, 0.5) is 0 Å². The molecule has 5 nitrogen and oxygen atoms in total. The summed E-state index contributed by atoms with van der Waals surface area (Å²) in [5.74, 6) is 1.60. The van der Waals surface area contributed by atoms with E-state index in [1.54, 1.807) is 14.2 Å². The lowest BCUT2D eigenvalue weighted by atomic mass is 10.0. The first-order chi connectivity index (χ1) is 12.0. The van der Waals surface area contributed by atoms with Gasteiger partial charge in [-0.15, -0.1) is 0 Å². The second-order valence-electron chi connectivity index (χ2n) is 6.53. The van der Waals surface area contributed by atoms with Gasteiger partial charge in [-0.1, -0.05) is 29.8 Å². The van der Waals surface area contributed by atoms with E-state index in [4.69, 9.17) is 16.3 Å². The van der Waals surface area contributed by atoms with Crippen LogP contribution in [0.15, 0.2) is 35.3 Å². The van der Waals surface area contributed by atoms with Gasteiger partial charge in [0.15, 0.2) is 5.96 Å². The van der Waals surface area contributed by atoms with Crippen molar-refractivity contribution in [2.24, 2.45) is 4.99 Å². The van der Waals surface area contributed by atoms with Gasteiger partial charge in [-0.2, -0.15) is 0 Å². The molecule has 2 rings (SSSR count). The fraction of sp³-hybridized carbons (Fsp3) is 0.526.